The van der Waals surface area contributed by atoms with Crippen LogP contribution in [0.2, 0.25) is 0 Å². The van der Waals surface area contributed by atoms with E-state index in [2.05, 4.69) is 20.5 Å². The van der Waals surface area contributed by atoms with Crippen molar-refractivity contribution in [2.45, 2.75) is 0 Å². The number of hydrogen-bond acceptors (Lipinski definition) is 4. The SMILES string of the molecule is CNC(=O)c1ccc(N2CC3CNCC3C2)cn1. The zero-order chi connectivity index (χ0) is 12.5. The molecular formula is C13H18N4O. The summed E-state index contributed by atoms with van der Waals surface area (Å²) in [6.07, 6.45) is 1.80. The maximum atomic E-state index is 11.4. The highest BCUT2D eigenvalue weighted by Crippen LogP contribution is 2.29. The van der Waals surface area contributed by atoms with Crippen molar-refractivity contribution in [3.8, 4) is 0 Å². The van der Waals surface area contributed by atoms with E-state index in [1.807, 2.05) is 6.07 Å². The van der Waals surface area contributed by atoms with E-state index in [4.69, 9.17) is 0 Å². The molecule has 0 radical (unpaired) electrons. The zero-order valence-corrected chi connectivity index (χ0v) is 10.5. The summed E-state index contributed by atoms with van der Waals surface area (Å²) < 4.78 is 0. The lowest BCUT2D eigenvalue weighted by molar-refractivity contribution is 0.0958. The maximum Gasteiger partial charge on any atom is 0.269 e. The Morgan fingerprint density at radius 2 is 2.11 bits per heavy atom. The second-order valence-electron chi connectivity index (χ2n) is 5.06. The second kappa shape index (κ2) is 4.57. The van der Waals surface area contributed by atoms with Crippen LogP contribution in [0.4, 0.5) is 5.69 Å². The number of hydrogen-bond donors (Lipinski definition) is 2. The Kier molecular flexibility index (Phi) is 2.91. The Morgan fingerprint density at radius 1 is 1.39 bits per heavy atom. The number of amides is 1. The van der Waals surface area contributed by atoms with Gasteiger partial charge in [0.25, 0.3) is 5.91 Å². The molecule has 0 aromatic carbocycles. The number of carbonyl (C=O) groups is 1. The third-order valence-corrected chi connectivity index (χ3v) is 3.96. The van der Waals surface area contributed by atoms with Gasteiger partial charge < -0.3 is 15.5 Å². The van der Waals surface area contributed by atoms with E-state index in [1.165, 1.54) is 0 Å². The van der Waals surface area contributed by atoms with E-state index >= 15 is 0 Å². The molecule has 1 aromatic rings. The second-order valence-corrected chi connectivity index (χ2v) is 5.06. The molecule has 2 aliphatic heterocycles. The summed E-state index contributed by atoms with van der Waals surface area (Å²) in [5.41, 5.74) is 1.60. The van der Waals surface area contributed by atoms with E-state index in [-0.39, 0.29) is 5.91 Å². The molecule has 5 heteroatoms. The summed E-state index contributed by atoms with van der Waals surface area (Å²) in [6, 6.07) is 3.78. The van der Waals surface area contributed by atoms with Crippen LogP contribution in [0.3, 0.4) is 0 Å². The van der Waals surface area contributed by atoms with Crippen molar-refractivity contribution in [1.29, 1.82) is 0 Å². The lowest BCUT2D eigenvalue weighted by atomic mass is 10.0. The number of pyridine rings is 1. The van der Waals surface area contributed by atoms with Gasteiger partial charge in [0.2, 0.25) is 0 Å². The Morgan fingerprint density at radius 3 is 2.67 bits per heavy atom. The predicted octanol–water partition coefficient (Wildman–Crippen LogP) is 0.0968. The summed E-state index contributed by atoms with van der Waals surface area (Å²) >= 11 is 0. The maximum absolute atomic E-state index is 11.4. The first kappa shape index (κ1) is 11.5. The minimum absolute atomic E-state index is 0.135. The highest BCUT2D eigenvalue weighted by atomic mass is 16.1. The average molecular weight is 246 g/mol. The smallest absolute Gasteiger partial charge is 0.269 e. The van der Waals surface area contributed by atoms with Crippen molar-refractivity contribution in [3.05, 3.63) is 24.0 Å². The van der Waals surface area contributed by atoms with Crippen molar-refractivity contribution in [1.82, 2.24) is 15.6 Å². The summed E-state index contributed by atoms with van der Waals surface area (Å²) in [4.78, 5) is 18.0. The molecule has 0 saturated carbocycles. The minimum atomic E-state index is -0.135. The topological polar surface area (TPSA) is 57.3 Å². The third-order valence-electron chi connectivity index (χ3n) is 3.96. The van der Waals surface area contributed by atoms with Gasteiger partial charge in [-0.2, -0.15) is 0 Å². The Bertz CT molecular complexity index is 433. The molecule has 0 bridgehead atoms. The fourth-order valence-electron chi connectivity index (χ4n) is 2.90. The van der Waals surface area contributed by atoms with Crippen LogP contribution in [0.5, 0.6) is 0 Å². The number of rotatable bonds is 2. The summed E-state index contributed by atoms with van der Waals surface area (Å²) in [7, 11) is 1.62. The molecule has 2 atom stereocenters. The fraction of sp³-hybridized carbons (Fsp3) is 0.538. The first-order chi connectivity index (χ1) is 8.78. The Labute approximate surface area is 107 Å². The molecular weight excluding hydrogens is 228 g/mol. The van der Waals surface area contributed by atoms with Gasteiger partial charge in [0.1, 0.15) is 5.69 Å². The molecule has 3 rings (SSSR count). The summed E-state index contributed by atoms with van der Waals surface area (Å²) in [5, 5.41) is 6.01. The molecule has 2 fully saturated rings. The van der Waals surface area contributed by atoms with Crippen LogP contribution in [0, 0.1) is 11.8 Å². The standard InChI is InChI=1S/C13H18N4O/c1-14-13(18)12-3-2-11(6-16-12)17-7-9-4-15-5-10(9)8-17/h2-3,6,9-10,15H,4-5,7-8H2,1H3,(H,14,18). The minimum Gasteiger partial charge on any atom is -0.370 e. The molecule has 18 heavy (non-hydrogen) atoms. The highest BCUT2D eigenvalue weighted by Gasteiger charge is 2.36. The van der Waals surface area contributed by atoms with E-state index in [0.717, 1.165) is 43.7 Å². The van der Waals surface area contributed by atoms with Crippen molar-refractivity contribution < 1.29 is 4.79 Å². The molecule has 2 aliphatic rings. The number of fused-ring (bicyclic) bond motifs is 1. The Balaban J connectivity index is 1.72. The lowest BCUT2D eigenvalue weighted by Crippen LogP contribution is -2.26. The number of anilines is 1. The molecule has 0 aliphatic carbocycles. The van der Waals surface area contributed by atoms with Crippen LogP contribution >= 0.6 is 0 Å². The van der Waals surface area contributed by atoms with E-state index in [1.54, 1.807) is 19.3 Å². The van der Waals surface area contributed by atoms with Gasteiger partial charge in [0.15, 0.2) is 0 Å². The quantitative estimate of drug-likeness (QED) is 0.777. The van der Waals surface area contributed by atoms with Gasteiger partial charge in [-0.25, -0.2) is 4.98 Å². The first-order valence-electron chi connectivity index (χ1n) is 6.41. The largest absolute Gasteiger partial charge is 0.370 e. The number of nitrogens with zero attached hydrogens (tertiary/aromatic N) is 2. The number of nitrogens with one attached hydrogen (secondary N) is 2. The highest BCUT2D eigenvalue weighted by molar-refractivity contribution is 5.92. The molecule has 3 heterocycles. The first-order valence-corrected chi connectivity index (χ1v) is 6.41. The third kappa shape index (κ3) is 1.95. The predicted molar refractivity (Wildman–Crippen MR) is 69.7 cm³/mol. The molecule has 1 aromatic heterocycles. The van der Waals surface area contributed by atoms with Crippen LogP contribution in [-0.2, 0) is 0 Å². The fourth-order valence-corrected chi connectivity index (χ4v) is 2.90. The molecule has 2 saturated heterocycles. The van der Waals surface area contributed by atoms with Crippen LogP contribution in [0.1, 0.15) is 10.5 Å². The van der Waals surface area contributed by atoms with Gasteiger partial charge in [-0.3, -0.25) is 4.79 Å². The van der Waals surface area contributed by atoms with Crippen molar-refractivity contribution in [3.63, 3.8) is 0 Å². The van der Waals surface area contributed by atoms with Gasteiger partial charge in [-0.15, -0.1) is 0 Å². The van der Waals surface area contributed by atoms with Crippen LogP contribution in [0.25, 0.3) is 0 Å². The molecule has 96 valence electrons. The van der Waals surface area contributed by atoms with Crippen LogP contribution in [0.15, 0.2) is 18.3 Å². The monoisotopic (exact) mass is 246 g/mol. The normalized spacial score (nSPS) is 26.2. The zero-order valence-electron chi connectivity index (χ0n) is 10.5. The van der Waals surface area contributed by atoms with Gasteiger partial charge in [-0.1, -0.05) is 0 Å². The van der Waals surface area contributed by atoms with Crippen molar-refractivity contribution >= 4 is 11.6 Å². The van der Waals surface area contributed by atoms with E-state index < -0.39 is 0 Å². The van der Waals surface area contributed by atoms with Gasteiger partial charge in [-0.05, 0) is 24.0 Å². The van der Waals surface area contributed by atoms with E-state index in [0.29, 0.717) is 5.69 Å². The molecule has 2 unspecified atom stereocenters. The molecule has 1 amide bonds. The van der Waals surface area contributed by atoms with Crippen LogP contribution in [-0.4, -0.2) is 44.1 Å². The molecule has 0 spiro atoms. The van der Waals surface area contributed by atoms with Gasteiger partial charge in [0, 0.05) is 33.2 Å². The summed E-state index contributed by atoms with van der Waals surface area (Å²) in [6.45, 7) is 4.45. The van der Waals surface area contributed by atoms with Crippen molar-refractivity contribution in [2.24, 2.45) is 11.8 Å². The average Bonchev–Trinajstić information content (AvgIpc) is 2.99. The molecule has 5 nitrogen and oxygen atoms in total. The van der Waals surface area contributed by atoms with Crippen LogP contribution < -0.4 is 15.5 Å². The van der Waals surface area contributed by atoms with Gasteiger partial charge in [0.05, 0.1) is 11.9 Å². The van der Waals surface area contributed by atoms with Crippen molar-refractivity contribution in [2.75, 3.05) is 38.1 Å². The lowest BCUT2D eigenvalue weighted by Gasteiger charge is -2.19. The van der Waals surface area contributed by atoms with E-state index in [9.17, 15) is 4.79 Å². The number of carbonyl (C=O) groups excluding carboxylic acids is 1. The Hall–Kier alpha value is -1.62. The molecule has 2 N–H and O–H groups in total. The van der Waals surface area contributed by atoms with Gasteiger partial charge >= 0.3 is 0 Å². The number of aromatic nitrogens is 1. The summed E-state index contributed by atoms with van der Waals surface area (Å²) in [5.74, 6) is 1.40.